The van der Waals surface area contributed by atoms with E-state index in [1.807, 2.05) is 0 Å². The van der Waals surface area contributed by atoms with Crippen LogP contribution < -0.4 is 5.32 Å². The van der Waals surface area contributed by atoms with E-state index in [1.54, 1.807) is 25.1 Å². The summed E-state index contributed by atoms with van der Waals surface area (Å²) in [4.78, 5) is 16.4. The van der Waals surface area contributed by atoms with Gasteiger partial charge in [0.05, 0.1) is 22.8 Å². The van der Waals surface area contributed by atoms with Gasteiger partial charge in [-0.1, -0.05) is 23.8 Å². The van der Waals surface area contributed by atoms with E-state index in [9.17, 15) is 26.7 Å². The number of rotatable bonds is 3. The number of halogens is 5. The van der Waals surface area contributed by atoms with Crippen LogP contribution >= 0.6 is 0 Å². The Hall–Kier alpha value is -3.82. The second-order valence-electron chi connectivity index (χ2n) is 6.74. The molecule has 31 heavy (non-hydrogen) atoms. The number of hydrogen-bond donors (Lipinski definition) is 1. The van der Waals surface area contributed by atoms with Gasteiger partial charge in [0.25, 0.3) is 5.91 Å². The second-order valence-corrected chi connectivity index (χ2v) is 6.74. The molecule has 0 radical (unpaired) electrons. The van der Waals surface area contributed by atoms with Gasteiger partial charge < -0.3 is 5.32 Å². The molecule has 0 atom stereocenters. The highest BCUT2D eigenvalue weighted by Gasteiger charge is 2.35. The van der Waals surface area contributed by atoms with Gasteiger partial charge in [0.15, 0.2) is 17.5 Å². The van der Waals surface area contributed by atoms with Crippen LogP contribution in [0.3, 0.4) is 0 Å². The lowest BCUT2D eigenvalue weighted by atomic mass is 10.1. The summed E-state index contributed by atoms with van der Waals surface area (Å²) >= 11 is 0. The van der Waals surface area contributed by atoms with Gasteiger partial charge in [-0.2, -0.15) is 13.2 Å². The van der Waals surface area contributed by atoms with E-state index in [-0.39, 0.29) is 11.6 Å². The van der Waals surface area contributed by atoms with Crippen LogP contribution in [0.2, 0.25) is 0 Å². The van der Waals surface area contributed by atoms with Crippen molar-refractivity contribution in [3.05, 3.63) is 83.1 Å². The van der Waals surface area contributed by atoms with Crippen molar-refractivity contribution in [2.24, 2.45) is 0 Å². The van der Waals surface area contributed by atoms with Gasteiger partial charge in [-0.25, -0.2) is 18.4 Å². The first-order valence-corrected chi connectivity index (χ1v) is 8.93. The quantitative estimate of drug-likeness (QED) is 0.448. The Balaban J connectivity index is 1.82. The standard InChI is InChI=1S/C21H13F5N4O/c1-11-6-7-17-14(8-11)18(29-30(17)19-16(23)9-12(22)10-27-19)28-20(31)13-4-2-3-5-15(13)21(24,25)26/h2-10H,1H3,(H,28,29,31). The van der Waals surface area contributed by atoms with Crippen molar-refractivity contribution in [1.29, 1.82) is 0 Å². The Morgan fingerprint density at radius 2 is 1.81 bits per heavy atom. The molecule has 0 saturated heterocycles. The van der Waals surface area contributed by atoms with Gasteiger partial charge >= 0.3 is 6.18 Å². The number of carbonyl (C=O) groups is 1. The molecule has 2 heterocycles. The molecule has 0 spiro atoms. The van der Waals surface area contributed by atoms with E-state index >= 15 is 0 Å². The molecule has 5 nitrogen and oxygen atoms in total. The summed E-state index contributed by atoms with van der Waals surface area (Å²) in [5, 5.41) is 6.84. The fraction of sp³-hybridized carbons (Fsp3) is 0.0952. The zero-order chi connectivity index (χ0) is 22.3. The van der Waals surface area contributed by atoms with Crippen LogP contribution in [0.1, 0.15) is 21.5 Å². The number of anilines is 1. The fourth-order valence-electron chi connectivity index (χ4n) is 3.15. The van der Waals surface area contributed by atoms with E-state index in [2.05, 4.69) is 15.4 Å². The Morgan fingerprint density at radius 1 is 1.06 bits per heavy atom. The maximum Gasteiger partial charge on any atom is 0.417 e. The maximum absolute atomic E-state index is 14.3. The summed E-state index contributed by atoms with van der Waals surface area (Å²) in [5.74, 6) is -3.33. The van der Waals surface area contributed by atoms with Gasteiger partial charge in [0.2, 0.25) is 0 Å². The highest BCUT2D eigenvalue weighted by atomic mass is 19.4. The minimum atomic E-state index is -4.73. The lowest BCUT2D eigenvalue weighted by Crippen LogP contribution is -2.19. The maximum atomic E-state index is 14.3. The number of hydrogen-bond acceptors (Lipinski definition) is 3. The number of fused-ring (bicyclic) bond motifs is 1. The average molecular weight is 432 g/mol. The highest BCUT2D eigenvalue weighted by molar-refractivity contribution is 6.09. The lowest BCUT2D eigenvalue weighted by molar-refractivity contribution is -0.137. The molecule has 0 unspecified atom stereocenters. The average Bonchev–Trinajstić information content (AvgIpc) is 3.04. The zero-order valence-corrected chi connectivity index (χ0v) is 15.8. The van der Waals surface area contributed by atoms with Gasteiger partial charge in [-0.05, 0) is 31.2 Å². The zero-order valence-electron chi connectivity index (χ0n) is 15.8. The molecule has 0 saturated carbocycles. The molecule has 0 fully saturated rings. The van der Waals surface area contributed by atoms with Crippen LogP contribution in [-0.2, 0) is 6.18 Å². The molecule has 0 aliphatic carbocycles. The van der Waals surface area contributed by atoms with Crippen molar-refractivity contribution in [3.8, 4) is 5.82 Å². The third kappa shape index (κ3) is 3.83. The molecule has 0 aliphatic heterocycles. The molecular formula is C21H13F5N4O. The molecule has 4 rings (SSSR count). The third-order valence-electron chi connectivity index (χ3n) is 4.53. The van der Waals surface area contributed by atoms with Crippen LogP contribution in [0.5, 0.6) is 0 Å². The molecule has 1 N–H and O–H groups in total. The molecule has 0 aliphatic rings. The number of nitrogens with zero attached hydrogens (tertiary/aromatic N) is 3. The first-order valence-electron chi connectivity index (χ1n) is 8.93. The SMILES string of the molecule is Cc1ccc2c(c1)c(NC(=O)c1ccccc1C(F)(F)F)nn2-c1ncc(F)cc1F. The summed E-state index contributed by atoms with van der Waals surface area (Å²) < 4.78 is 68.4. The predicted molar refractivity (Wildman–Crippen MR) is 103 cm³/mol. The smallest absolute Gasteiger partial charge is 0.305 e. The van der Waals surface area contributed by atoms with Gasteiger partial charge in [-0.15, -0.1) is 5.10 Å². The molecule has 158 valence electrons. The minimum Gasteiger partial charge on any atom is -0.305 e. The fourth-order valence-corrected chi connectivity index (χ4v) is 3.15. The van der Waals surface area contributed by atoms with Crippen LogP contribution in [0, 0.1) is 18.6 Å². The van der Waals surface area contributed by atoms with Crippen molar-refractivity contribution in [3.63, 3.8) is 0 Å². The summed E-state index contributed by atoms with van der Waals surface area (Å²) in [6.07, 6.45) is -3.93. The number of nitrogens with one attached hydrogen (secondary N) is 1. The molecule has 4 aromatic rings. The van der Waals surface area contributed by atoms with Crippen molar-refractivity contribution in [2.75, 3.05) is 5.32 Å². The van der Waals surface area contributed by atoms with Crippen molar-refractivity contribution < 1.29 is 26.7 Å². The van der Waals surface area contributed by atoms with Crippen LogP contribution in [0.15, 0.2) is 54.7 Å². The minimum absolute atomic E-state index is 0.0915. The Morgan fingerprint density at radius 3 is 2.52 bits per heavy atom. The highest BCUT2D eigenvalue weighted by Crippen LogP contribution is 2.33. The summed E-state index contributed by atoms with van der Waals surface area (Å²) in [5.41, 5.74) is -0.594. The van der Waals surface area contributed by atoms with E-state index in [0.717, 1.165) is 28.6 Å². The lowest BCUT2D eigenvalue weighted by Gasteiger charge is -2.12. The Labute approximate surface area is 172 Å². The molecular weight excluding hydrogens is 419 g/mol. The van der Waals surface area contributed by atoms with E-state index in [0.29, 0.717) is 17.0 Å². The number of carbonyl (C=O) groups excluding carboxylic acids is 1. The monoisotopic (exact) mass is 432 g/mol. The summed E-state index contributed by atoms with van der Waals surface area (Å²) in [6.45, 7) is 1.76. The van der Waals surface area contributed by atoms with Crippen LogP contribution in [0.4, 0.5) is 27.8 Å². The number of aromatic nitrogens is 3. The van der Waals surface area contributed by atoms with E-state index in [4.69, 9.17) is 0 Å². The summed E-state index contributed by atoms with van der Waals surface area (Å²) in [7, 11) is 0. The molecule has 1 amide bonds. The molecule has 10 heteroatoms. The van der Waals surface area contributed by atoms with Gasteiger partial charge in [-0.3, -0.25) is 4.79 Å². The number of alkyl halides is 3. The predicted octanol–water partition coefficient (Wildman–Crippen LogP) is 5.28. The van der Waals surface area contributed by atoms with Crippen molar-refractivity contribution in [1.82, 2.24) is 14.8 Å². The van der Waals surface area contributed by atoms with Gasteiger partial charge in [0, 0.05) is 11.5 Å². The topological polar surface area (TPSA) is 59.8 Å². The van der Waals surface area contributed by atoms with Crippen molar-refractivity contribution in [2.45, 2.75) is 13.1 Å². The number of aryl methyl sites for hydroxylation is 1. The molecule has 2 aromatic heterocycles. The van der Waals surface area contributed by atoms with Gasteiger partial charge in [0.1, 0.15) is 5.82 Å². The van der Waals surface area contributed by atoms with E-state index in [1.165, 1.54) is 12.1 Å². The number of amides is 1. The first-order chi connectivity index (χ1) is 14.6. The van der Waals surface area contributed by atoms with E-state index < -0.39 is 34.8 Å². The number of benzene rings is 2. The number of pyridine rings is 1. The Kier molecular flexibility index (Phi) is 4.92. The van der Waals surface area contributed by atoms with Crippen molar-refractivity contribution >= 4 is 22.6 Å². The second kappa shape index (κ2) is 7.46. The normalized spacial score (nSPS) is 11.7. The van der Waals surface area contributed by atoms with Crippen LogP contribution in [0.25, 0.3) is 16.7 Å². The molecule has 0 bridgehead atoms. The molecule has 2 aromatic carbocycles. The van der Waals surface area contributed by atoms with Crippen LogP contribution in [-0.4, -0.2) is 20.7 Å². The third-order valence-corrected chi connectivity index (χ3v) is 4.53. The largest absolute Gasteiger partial charge is 0.417 e. The Bertz CT molecular complexity index is 1310. The first kappa shape index (κ1) is 20.5. The summed E-state index contributed by atoms with van der Waals surface area (Å²) in [6, 6.07) is 9.87.